The third-order valence-corrected chi connectivity index (χ3v) is 3.32. The maximum absolute atomic E-state index is 9.28. The maximum Gasteiger partial charge on any atom is 0.135 e. The second-order valence-electron chi connectivity index (χ2n) is 4.26. The number of nitrogens with zero attached hydrogens (tertiary/aromatic N) is 1. The summed E-state index contributed by atoms with van der Waals surface area (Å²) in [5, 5.41) is 9.28. The van der Waals surface area contributed by atoms with E-state index in [2.05, 4.69) is 11.1 Å². The van der Waals surface area contributed by atoms with Gasteiger partial charge in [-0.25, -0.2) is 0 Å². The number of nitriles is 1. The van der Waals surface area contributed by atoms with Crippen molar-refractivity contribution in [1.29, 1.82) is 5.26 Å². The molecule has 1 aromatic carbocycles. The first-order valence-corrected chi connectivity index (χ1v) is 6.47. The molecule has 96 valence electrons. The Morgan fingerprint density at radius 2 is 1.90 bits per heavy atom. The van der Waals surface area contributed by atoms with Crippen molar-refractivity contribution in [3.8, 4) is 28.7 Å². The van der Waals surface area contributed by atoms with Gasteiger partial charge in [0.1, 0.15) is 16.5 Å². The predicted molar refractivity (Wildman–Crippen MR) is 79.5 cm³/mol. The molecule has 0 bridgehead atoms. The Hall–Kier alpha value is -2.64. The number of aromatic amines is 1. The van der Waals surface area contributed by atoms with Crippen molar-refractivity contribution in [2.45, 2.75) is 0 Å². The first-order valence-electron chi connectivity index (χ1n) is 6.06. The van der Waals surface area contributed by atoms with Gasteiger partial charge in [0, 0.05) is 11.3 Å². The van der Waals surface area contributed by atoms with Crippen molar-refractivity contribution in [3.63, 3.8) is 0 Å². The average Bonchev–Trinajstić information content (AvgIpc) is 3.01. The summed E-state index contributed by atoms with van der Waals surface area (Å²) in [6.45, 7) is 0. The van der Waals surface area contributed by atoms with Gasteiger partial charge in [-0.1, -0.05) is 42.5 Å². The quantitative estimate of drug-likeness (QED) is 0.700. The molecule has 0 aliphatic heterocycles. The first kappa shape index (κ1) is 12.4. The molecular formula is C16H10N2OS. The first-order chi connectivity index (χ1) is 9.79. The van der Waals surface area contributed by atoms with Crippen LogP contribution in [-0.2, 0) is 0 Å². The lowest BCUT2D eigenvalue weighted by molar-refractivity contribution is 0.582. The summed E-state index contributed by atoms with van der Waals surface area (Å²) in [6, 6.07) is 17.5. The second-order valence-corrected chi connectivity index (χ2v) is 4.66. The number of hydrogen-bond acceptors (Lipinski definition) is 3. The molecule has 3 rings (SSSR count). The van der Waals surface area contributed by atoms with Crippen molar-refractivity contribution in [2.75, 3.05) is 0 Å². The molecule has 0 atom stereocenters. The van der Waals surface area contributed by atoms with Gasteiger partial charge in [-0.2, -0.15) is 5.26 Å². The van der Waals surface area contributed by atoms with Gasteiger partial charge in [0.25, 0.3) is 0 Å². The van der Waals surface area contributed by atoms with Crippen LogP contribution >= 0.6 is 12.2 Å². The number of H-pyrrole nitrogens is 1. The minimum absolute atomic E-state index is 0.417. The molecule has 3 aromatic rings. The molecule has 0 fully saturated rings. The average molecular weight is 278 g/mol. The Balaban J connectivity index is 2.27. The highest BCUT2D eigenvalue weighted by Gasteiger charge is 2.12. The zero-order valence-electron chi connectivity index (χ0n) is 10.5. The van der Waals surface area contributed by atoms with Crippen molar-refractivity contribution in [2.24, 2.45) is 0 Å². The number of nitrogens with one attached hydrogen (secondary N) is 1. The van der Waals surface area contributed by atoms with E-state index < -0.39 is 0 Å². The number of hydrogen-bond donors (Lipinski definition) is 1. The Bertz CT molecular complexity index is 827. The highest BCUT2D eigenvalue weighted by Crippen LogP contribution is 2.28. The van der Waals surface area contributed by atoms with E-state index >= 15 is 0 Å². The van der Waals surface area contributed by atoms with Crippen LogP contribution in [0.3, 0.4) is 0 Å². The monoisotopic (exact) mass is 278 g/mol. The molecule has 0 unspecified atom stereocenters. The normalized spacial score (nSPS) is 10.2. The number of benzene rings is 1. The van der Waals surface area contributed by atoms with Gasteiger partial charge < -0.3 is 9.40 Å². The van der Waals surface area contributed by atoms with Gasteiger partial charge in [-0.05, 0) is 23.8 Å². The Morgan fingerprint density at radius 3 is 2.55 bits per heavy atom. The Morgan fingerprint density at radius 1 is 1.10 bits per heavy atom. The van der Waals surface area contributed by atoms with E-state index in [0.717, 1.165) is 11.3 Å². The Kier molecular flexibility index (Phi) is 3.20. The SMILES string of the molecule is N#Cc1c(-c2ccco2)cc(-c2ccccc2)[nH]c1=S. The van der Waals surface area contributed by atoms with Gasteiger partial charge in [-0.15, -0.1) is 0 Å². The van der Waals surface area contributed by atoms with E-state index in [1.54, 1.807) is 12.3 Å². The fourth-order valence-electron chi connectivity index (χ4n) is 2.07. The van der Waals surface area contributed by atoms with E-state index in [-0.39, 0.29) is 0 Å². The van der Waals surface area contributed by atoms with Crippen LogP contribution in [0.1, 0.15) is 5.56 Å². The molecule has 0 aliphatic carbocycles. The molecule has 2 heterocycles. The minimum atomic E-state index is 0.417. The van der Waals surface area contributed by atoms with E-state index in [4.69, 9.17) is 16.6 Å². The third-order valence-electron chi connectivity index (χ3n) is 3.02. The number of aromatic nitrogens is 1. The summed E-state index contributed by atoms with van der Waals surface area (Å²) >= 11 is 5.28. The van der Waals surface area contributed by atoms with Crippen molar-refractivity contribution in [3.05, 3.63) is 65.0 Å². The predicted octanol–water partition coefficient (Wildman–Crippen LogP) is 4.54. The van der Waals surface area contributed by atoms with Crippen LogP contribution in [-0.4, -0.2) is 4.98 Å². The topological polar surface area (TPSA) is 52.7 Å². The van der Waals surface area contributed by atoms with E-state index in [0.29, 0.717) is 21.5 Å². The number of pyridine rings is 1. The third kappa shape index (κ3) is 2.15. The lowest BCUT2D eigenvalue weighted by Crippen LogP contribution is -1.92. The largest absolute Gasteiger partial charge is 0.464 e. The standard InChI is InChI=1S/C16H10N2OS/c17-10-13-12(15-7-4-8-19-15)9-14(18-16(13)20)11-5-2-1-3-6-11/h1-9H,(H,18,20). The molecule has 0 radical (unpaired) electrons. The molecule has 0 saturated heterocycles. The van der Waals surface area contributed by atoms with Crippen molar-refractivity contribution >= 4 is 12.2 Å². The van der Waals surface area contributed by atoms with Crippen LogP contribution in [0.5, 0.6) is 0 Å². The van der Waals surface area contributed by atoms with Crippen molar-refractivity contribution in [1.82, 2.24) is 4.98 Å². The molecule has 0 spiro atoms. The summed E-state index contributed by atoms with van der Waals surface area (Å²) in [5.41, 5.74) is 3.01. The summed E-state index contributed by atoms with van der Waals surface area (Å²) in [5.74, 6) is 0.638. The smallest absolute Gasteiger partial charge is 0.135 e. The van der Waals surface area contributed by atoms with Gasteiger partial charge in [0.2, 0.25) is 0 Å². The molecule has 0 amide bonds. The summed E-state index contributed by atoms with van der Waals surface area (Å²) in [4.78, 5) is 3.10. The summed E-state index contributed by atoms with van der Waals surface area (Å²) < 4.78 is 5.81. The lowest BCUT2D eigenvalue weighted by Gasteiger charge is -2.07. The lowest BCUT2D eigenvalue weighted by atomic mass is 10.0. The zero-order valence-corrected chi connectivity index (χ0v) is 11.3. The fourth-order valence-corrected chi connectivity index (χ4v) is 2.34. The van der Waals surface area contributed by atoms with E-state index in [1.807, 2.05) is 42.5 Å². The summed E-state index contributed by atoms with van der Waals surface area (Å²) in [7, 11) is 0. The van der Waals surface area contributed by atoms with Crippen LogP contribution in [0.2, 0.25) is 0 Å². The van der Waals surface area contributed by atoms with E-state index in [1.165, 1.54) is 0 Å². The van der Waals surface area contributed by atoms with Crippen LogP contribution in [0.15, 0.2) is 59.2 Å². The molecule has 0 saturated carbocycles. The van der Waals surface area contributed by atoms with Gasteiger partial charge in [0.05, 0.1) is 11.8 Å². The molecule has 2 aromatic heterocycles. The molecule has 3 nitrogen and oxygen atoms in total. The fraction of sp³-hybridized carbons (Fsp3) is 0. The van der Waals surface area contributed by atoms with Crippen LogP contribution in [0.25, 0.3) is 22.6 Å². The highest BCUT2D eigenvalue weighted by atomic mass is 32.1. The number of furan rings is 1. The molecule has 1 N–H and O–H groups in total. The molecule has 20 heavy (non-hydrogen) atoms. The zero-order chi connectivity index (χ0) is 13.9. The van der Waals surface area contributed by atoms with Crippen LogP contribution in [0.4, 0.5) is 0 Å². The van der Waals surface area contributed by atoms with Crippen LogP contribution in [0, 0.1) is 16.0 Å². The minimum Gasteiger partial charge on any atom is -0.464 e. The highest BCUT2D eigenvalue weighted by molar-refractivity contribution is 7.71. The van der Waals surface area contributed by atoms with Gasteiger partial charge in [-0.3, -0.25) is 0 Å². The molecular weight excluding hydrogens is 268 g/mol. The van der Waals surface area contributed by atoms with E-state index in [9.17, 15) is 5.26 Å². The van der Waals surface area contributed by atoms with Crippen molar-refractivity contribution < 1.29 is 4.42 Å². The van der Waals surface area contributed by atoms with Crippen LogP contribution < -0.4 is 0 Å². The Labute approximate surface area is 121 Å². The maximum atomic E-state index is 9.28. The molecule has 4 heteroatoms. The second kappa shape index (κ2) is 5.16. The number of rotatable bonds is 2. The summed E-state index contributed by atoms with van der Waals surface area (Å²) in [6.07, 6.45) is 1.58. The van der Waals surface area contributed by atoms with Gasteiger partial charge in [0.15, 0.2) is 0 Å². The van der Waals surface area contributed by atoms with Gasteiger partial charge >= 0.3 is 0 Å². The molecule has 0 aliphatic rings.